The monoisotopic (exact) mass is 289 g/mol. The summed E-state index contributed by atoms with van der Waals surface area (Å²) in [5, 5.41) is 0. The molecule has 2 rings (SSSR count). The normalized spacial score (nSPS) is 11.6. The van der Waals surface area contributed by atoms with Gasteiger partial charge in [-0.05, 0) is 34.7 Å². The molecule has 0 aliphatic heterocycles. The van der Waals surface area contributed by atoms with Crippen LogP contribution in [0.4, 0.5) is 10.1 Å². The fourth-order valence-corrected chi connectivity index (χ4v) is 2.74. The molecule has 0 saturated heterocycles. The largest absolute Gasteiger partial charge is 0.396 e. The van der Waals surface area contributed by atoms with Gasteiger partial charge in [0.25, 0.3) is 0 Å². The Morgan fingerprint density at radius 3 is 2.25 bits per heavy atom. The minimum absolute atomic E-state index is 0.172. The second-order valence-corrected chi connectivity index (χ2v) is 6.97. The molecule has 0 bridgehead atoms. The Labute approximate surface area is 124 Å². The molecule has 0 amide bonds. The molecular weight excluding hydrogens is 269 g/mol. The SMILES string of the molecule is CC(C)(C)c1ccc(CSc2ccc(N)c(F)c2)cc1. The van der Waals surface area contributed by atoms with Crippen molar-refractivity contribution in [3.8, 4) is 0 Å². The van der Waals surface area contributed by atoms with Gasteiger partial charge in [0.05, 0.1) is 5.69 Å². The Bertz CT molecular complexity index is 585. The van der Waals surface area contributed by atoms with Crippen molar-refractivity contribution in [2.75, 3.05) is 5.73 Å². The maximum atomic E-state index is 13.4. The lowest BCUT2D eigenvalue weighted by atomic mass is 9.87. The van der Waals surface area contributed by atoms with Crippen LogP contribution in [-0.4, -0.2) is 0 Å². The molecule has 0 fully saturated rings. The van der Waals surface area contributed by atoms with E-state index in [2.05, 4.69) is 45.0 Å². The van der Waals surface area contributed by atoms with Gasteiger partial charge in [-0.3, -0.25) is 0 Å². The van der Waals surface area contributed by atoms with Gasteiger partial charge in [-0.2, -0.15) is 0 Å². The standard InChI is InChI=1S/C17H20FNS/c1-17(2,3)13-6-4-12(5-7-13)11-20-14-8-9-16(19)15(18)10-14/h4-10H,11,19H2,1-3H3. The summed E-state index contributed by atoms with van der Waals surface area (Å²) in [7, 11) is 0. The van der Waals surface area contributed by atoms with E-state index in [0.29, 0.717) is 0 Å². The molecule has 0 aromatic heterocycles. The molecule has 0 saturated carbocycles. The first-order valence-corrected chi connectivity index (χ1v) is 7.62. The highest BCUT2D eigenvalue weighted by Crippen LogP contribution is 2.27. The van der Waals surface area contributed by atoms with Gasteiger partial charge < -0.3 is 5.73 Å². The predicted molar refractivity (Wildman–Crippen MR) is 85.5 cm³/mol. The van der Waals surface area contributed by atoms with Crippen molar-refractivity contribution in [3.05, 3.63) is 59.4 Å². The minimum atomic E-state index is -0.349. The Morgan fingerprint density at radius 2 is 1.70 bits per heavy atom. The first kappa shape index (κ1) is 14.9. The van der Waals surface area contributed by atoms with Crippen molar-refractivity contribution >= 4 is 17.4 Å². The average Bonchev–Trinajstić information content (AvgIpc) is 2.40. The molecule has 0 heterocycles. The maximum Gasteiger partial charge on any atom is 0.147 e. The molecular formula is C17H20FNS. The zero-order valence-corrected chi connectivity index (χ0v) is 12.9. The van der Waals surface area contributed by atoms with Gasteiger partial charge in [0, 0.05) is 10.6 Å². The summed E-state index contributed by atoms with van der Waals surface area (Å²) >= 11 is 1.61. The van der Waals surface area contributed by atoms with Crippen LogP contribution < -0.4 is 5.73 Å². The lowest BCUT2D eigenvalue weighted by molar-refractivity contribution is 0.590. The lowest BCUT2D eigenvalue weighted by Gasteiger charge is -2.19. The number of thioether (sulfide) groups is 1. The van der Waals surface area contributed by atoms with Crippen molar-refractivity contribution in [2.24, 2.45) is 0 Å². The highest BCUT2D eigenvalue weighted by Gasteiger charge is 2.12. The van der Waals surface area contributed by atoms with Crippen LogP contribution in [0.2, 0.25) is 0 Å². The second-order valence-electron chi connectivity index (χ2n) is 5.92. The van der Waals surface area contributed by atoms with Crippen LogP contribution >= 0.6 is 11.8 Å². The zero-order chi connectivity index (χ0) is 14.8. The summed E-state index contributed by atoms with van der Waals surface area (Å²) in [6.45, 7) is 6.61. The topological polar surface area (TPSA) is 26.0 Å². The molecule has 2 N–H and O–H groups in total. The smallest absolute Gasteiger partial charge is 0.147 e. The third-order valence-electron chi connectivity index (χ3n) is 3.20. The molecule has 106 valence electrons. The van der Waals surface area contributed by atoms with Gasteiger partial charge in [0.15, 0.2) is 0 Å². The Morgan fingerprint density at radius 1 is 1.05 bits per heavy atom. The zero-order valence-electron chi connectivity index (χ0n) is 12.1. The first-order valence-electron chi connectivity index (χ1n) is 6.63. The molecule has 0 unspecified atom stereocenters. The van der Waals surface area contributed by atoms with E-state index >= 15 is 0 Å². The van der Waals surface area contributed by atoms with Gasteiger partial charge in [-0.1, -0.05) is 45.0 Å². The van der Waals surface area contributed by atoms with Crippen molar-refractivity contribution in [3.63, 3.8) is 0 Å². The van der Waals surface area contributed by atoms with E-state index in [-0.39, 0.29) is 16.9 Å². The molecule has 3 heteroatoms. The predicted octanol–water partition coefficient (Wildman–Crippen LogP) is 5.00. The van der Waals surface area contributed by atoms with Crippen molar-refractivity contribution < 1.29 is 4.39 Å². The Hall–Kier alpha value is -1.48. The molecule has 0 spiro atoms. The van der Waals surface area contributed by atoms with E-state index in [0.717, 1.165) is 10.6 Å². The summed E-state index contributed by atoms with van der Waals surface area (Å²) in [5.74, 6) is 0.478. The van der Waals surface area contributed by atoms with E-state index < -0.39 is 0 Å². The van der Waals surface area contributed by atoms with Crippen molar-refractivity contribution in [1.82, 2.24) is 0 Å². The molecule has 0 radical (unpaired) electrons. The Kier molecular flexibility index (Phi) is 4.39. The fourth-order valence-electron chi connectivity index (χ4n) is 1.87. The van der Waals surface area contributed by atoms with Crippen LogP contribution in [0.15, 0.2) is 47.4 Å². The van der Waals surface area contributed by atoms with Gasteiger partial charge in [-0.15, -0.1) is 11.8 Å². The number of nitrogens with two attached hydrogens (primary N) is 1. The third-order valence-corrected chi connectivity index (χ3v) is 4.26. The van der Waals surface area contributed by atoms with E-state index in [9.17, 15) is 4.39 Å². The van der Waals surface area contributed by atoms with E-state index in [1.54, 1.807) is 17.8 Å². The average molecular weight is 289 g/mol. The number of benzene rings is 2. The number of nitrogen functional groups attached to an aromatic ring is 1. The van der Waals surface area contributed by atoms with E-state index in [4.69, 9.17) is 5.73 Å². The molecule has 0 aliphatic carbocycles. The maximum absolute atomic E-state index is 13.4. The fraction of sp³-hybridized carbons (Fsp3) is 0.294. The van der Waals surface area contributed by atoms with Gasteiger partial charge in [0.1, 0.15) is 5.82 Å². The summed E-state index contributed by atoms with van der Waals surface area (Å²) in [4.78, 5) is 0.900. The molecule has 20 heavy (non-hydrogen) atoms. The van der Waals surface area contributed by atoms with Crippen LogP contribution in [0.25, 0.3) is 0 Å². The van der Waals surface area contributed by atoms with E-state index in [1.165, 1.54) is 17.2 Å². The molecule has 2 aromatic carbocycles. The molecule has 0 aliphatic rings. The van der Waals surface area contributed by atoms with Crippen LogP contribution in [0.1, 0.15) is 31.9 Å². The summed E-state index contributed by atoms with van der Waals surface area (Å²) in [6.07, 6.45) is 0. The quantitative estimate of drug-likeness (QED) is 0.636. The minimum Gasteiger partial charge on any atom is -0.396 e. The lowest BCUT2D eigenvalue weighted by Crippen LogP contribution is -2.10. The Balaban J connectivity index is 2.02. The number of halogens is 1. The van der Waals surface area contributed by atoms with Gasteiger partial charge in [-0.25, -0.2) is 4.39 Å². The van der Waals surface area contributed by atoms with Crippen LogP contribution in [0.3, 0.4) is 0 Å². The van der Waals surface area contributed by atoms with E-state index in [1.807, 2.05) is 6.07 Å². The highest BCUT2D eigenvalue weighted by molar-refractivity contribution is 7.98. The molecule has 1 nitrogen and oxygen atoms in total. The summed E-state index contributed by atoms with van der Waals surface area (Å²) in [6, 6.07) is 13.6. The molecule has 2 aromatic rings. The first-order chi connectivity index (χ1) is 9.36. The van der Waals surface area contributed by atoms with Crippen LogP contribution in [-0.2, 0) is 11.2 Å². The molecule has 0 atom stereocenters. The van der Waals surface area contributed by atoms with Crippen molar-refractivity contribution in [2.45, 2.75) is 36.8 Å². The van der Waals surface area contributed by atoms with Crippen LogP contribution in [0, 0.1) is 5.82 Å². The van der Waals surface area contributed by atoms with Crippen molar-refractivity contribution in [1.29, 1.82) is 0 Å². The third kappa shape index (κ3) is 3.76. The number of hydrogen-bond donors (Lipinski definition) is 1. The van der Waals surface area contributed by atoms with Crippen LogP contribution in [0.5, 0.6) is 0 Å². The number of rotatable bonds is 3. The van der Waals surface area contributed by atoms with Gasteiger partial charge >= 0.3 is 0 Å². The summed E-state index contributed by atoms with van der Waals surface area (Å²) < 4.78 is 13.4. The van der Waals surface area contributed by atoms with Gasteiger partial charge in [0.2, 0.25) is 0 Å². The summed E-state index contributed by atoms with van der Waals surface area (Å²) in [5.41, 5.74) is 8.40. The number of anilines is 1. The number of hydrogen-bond acceptors (Lipinski definition) is 2. The highest BCUT2D eigenvalue weighted by atomic mass is 32.2. The second kappa shape index (κ2) is 5.88.